The lowest BCUT2D eigenvalue weighted by atomic mass is 10.1. The van der Waals surface area contributed by atoms with Crippen molar-refractivity contribution in [1.82, 2.24) is 5.32 Å². The second-order valence-electron chi connectivity index (χ2n) is 5.72. The quantitative estimate of drug-likeness (QED) is 0.804. The van der Waals surface area contributed by atoms with Gasteiger partial charge in [0, 0.05) is 12.1 Å². The molecule has 2 amide bonds. The fourth-order valence-corrected chi connectivity index (χ4v) is 2.24. The zero-order valence-electron chi connectivity index (χ0n) is 14.8. The molecule has 2 N–H and O–H groups in total. The van der Waals surface area contributed by atoms with E-state index in [2.05, 4.69) is 17.6 Å². The van der Waals surface area contributed by atoms with Crippen molar-refractivity contribution in [3.63, 3.8) is 0 Å². The third kappa shape index (κ3) is 5.08. The van der Waals surface area contributed by atoms with Crippen molar-refractivity contribution < 1.29 is 14.3 Å². The van der Waals surface area contributed by atoms with Crippen LogP contribution in [0.15, 0.2) is 48.5 Å². The van der Waals surface area contributed by atoms with Crippen molar-refractivity contribution in [2.75, 3.05) is 11.9 Å². The molecule has 0 spiro atoms. The van der Waals surface area contributed by atoms with E-state index in [4.69, 9.17) is 4.74 Å². The molecule has 2 aromatic rings. The van der Waals surface area contributed by atoms with Crippen molar-refractivity contribution in [1.29, 1.82) is 0 Å². The lowest BCUT2D eigenvalue weighted by Crippen LogP contribution is -2.24. The Morgan fingerprint density at radius 3 is 2.32 bits per heavy atom. The number of ether oxygens (including phenoxy) is 1. The van der Waals surface area contributed by atoms with Gasteiger partial charge in [0.05, 0.1) is 17.4 Å². The number of benzene rings is 2. The highest BCUT2D eigenvalue weighted by molar-refractivity contribution is 6.09. The number of carbonyl (C=O) groups is 2. The molecule has 1 unspecified atom stereocenters. The first-order valence-electron chi connectivity index (χ1n) is 8.50. The molecule has 2 rings (SSSR count). The van der Waals surface area contributed by atoms with Crippen LogP contribution in [0, 0.1) is 0 Å². The molecule has 0 radical (unpaired) electrons. The summed E-state index contributed by atoms with van der Waals surface area (Å²) in [4.78, 5) is 24.5. The maximum Gasteiger partial charge on any atom is 0.255 e. The van der Waals surface area contributed by atoms with Gasteiger partial charge in [-0.05, 0) is 56.7 Å². The fourth-order valence-electron chi connectivity index (χ4n) is 2.24. The Kier molecular flexibility index (Phi) is 6.57. The lowest BCUT2D eigenvalue weighted by molar-refractivity contribution is 0.0956. The van der Waals surface area contributed by atoms with E-state index in [-0.39, 0.29) is 17.9 Å². The van der Waals surface area contributed by atoms with Crippen molar-refractivity contribution >= 4 is 17.5 Å². The Balaban J connectivity index is 2.11. The van der Waals surface area contributed by atoms with Crippen molar-refractivity contribution in [3.05, 3.63) is 59.7 Å². The van der Waals surface area contributed by atoms with Gasteiger partial charge in [0.2, 0.25) is 0 Å². The minimum atomic E-state index is -0.271. The number of hydrogen-bond donors (Lipinski definition) is 2. The standard InChI is InChI=1S/C20H24N2O3/c1-4-14(3)25-16-12-10-15(11-13-16)19(23)22-18-9-7-6-8-17(18)20(24)21-5-2/h6-14H,4-5H2,1-3H3,(H,21,24)(H,22,23). The number of nitrogens with one attached hydrogen (secondary N) is 2. The fraction of sp³-hybridized carbons (Fsp3) is 0.300. The van der Waals surface area contributed by atoms with E-state index in [1.807, 2.05) is 13.8 Å². The largest absolute Gasteiger partial charge is 0.491 e. The molecule has 132 valence electrons. The van der Waals surface area contributed by atoms with E-state index in [0.29, 0.717) is 23.4 Å². The van der Waals surface area contributed by atoms with Crippen molar-refractivity contribution in [2.45, 2.75) is 33.3 Å². The molecule has 0 bridgehead atoms. The maximum atomic E-state index is 12.5. The molecular weight excluding hydrogens is 316 g/mol. The normalized spacial score (nSPS) is 11.5. The van der Waals surface area contributed by atoms with E-state index >= 15 is 0 Å². The third-order valence-corrected chi connectivity index (χ3v) is 3.79. The Morgan fingerprint density at radius 1 is 1.00 bits per heavy atom. The summed E-state index contributed by atoms with van der Waals surface area (Å²) in [5.41, 5.74) is 1.43. The molecule has 1 atom stereocenters. The van der Waals surface area contributed by atoms with E-state index < -0.39 is 0 Å². The summed E-state index contributed by atoms with van der Waals surface area (Å²) in [6, 6.07) is 13.9. The van der Waals surface area contributed by atoms with Crippen molar-refractivity contribution in [2.24, 2.45) is 0 Å². The first-order chi connectivity index (χ1) is 12.0. The van der Waals surface area contributed by atoms with E-state index in [9.17, 15) is 9.59 Å². The van der Waals surface area contributed by atoms with E-state index in [1.54, 1.807) is 48.5 Å². The second kappa shape index (κ2) is 8.87. The molecule has 0 saturated heterocycles. The summed E-state index contributed by atoms with van der Waals surface area (Å²) in [5.74, 6) is 0.246. The minimum absolute atomic E-state index is 0.128. The third-order valence-electron chi connectivity index (χ3n) is 3.79. The predicted octanol–water partition coefficient (Wildman–Crippen LogP) is 3.87. The summed E-state index contributed by atoms with van der Waals surface area (Å²) in [7, 11) is 0. The predicted molar refractivity (Wildman–Crippen MR) is 99.2 cm³/mol. The summed E-state index contributed by atoms with van der Waals surface area (Å²) in [6.07, 6.45) is 1.04. The van der Waals surface area contributed by atoms with Crippen LogP contribution in [-0.2, 0) is 0 Å². The molecule has 0 aliphatic rings. The van der Waals surface area contributed by atoms with Crippen molar-refractivity contribution in [3.8, 4) is 5.75 Å². The van der Waals surface area contributed by atoms with Crippen LogP contribution in [0.4, 0.5) is 5.69 Å². The second-order valence-corrected chi connectivity index (χ2v) is 5.72. The zero-order valence-corrected chi connectivity index (χ0v) is 14.8. The van der Waals surface area contributed by atoms with Gasteiger partial charge in [0.25, 0.3) is 11.8 Å². The average Bonchev–Trinajstić information content (AvgIpc) is 2.62. The Morgan fingerprint density at radius 2 is 1.68 bits per heavy atom. The van der Waals surface area contributed by atoms with Gasteiger partial charge in [-0.15, -0.1) is 0 Å². The Bertz CT molecular complexity index is 726. The average molecular weight is 340 g/mol. The Labute approximate surface area is 148 Å². The highest BCUT2D eigenvalue weighted by Gasteiger charge is 2.13. The number of para-hydroxylation sites is 1. The van der Waals surface area contributed by atoms with Gasteiger partial charge >= 0.3 is 0 Å². The molecule has 5 nitrogen and oxygen atoms in total. The van der Waals surface area contributed by atoms with Crippen LogP contribution in [0.5, 0.6) is 5.75 Å². The van der Waals surface area contributed by atoms with Gasteiger partial charge in [-0.25, -0.2) is 0 Å². The summed E-state index contributed by atoms with van der Waals surface area (Å²) in [5, 5.41) is 5.54. The van der Waals surface area contributed by atoms with Crippen LogP contribution in [-0.4, -0.2) is 24.5 Å². The number of anilines is 1. The summed E-state index contributed by atoms with van der Waals surface area (Å²) in [6.45, 7) is 6.43. The number of rotatable bonds is 7. The van der Waals surface area contributed by atoms with Crippen LogP contribution in [0.2, 0.25) is 0 Å². The zero-order chi connectivity index (χ0) is 18.2. The smallest absolute Gasteiger partial charge is 0.255 e. The number of carbonyl (C=O) groups excluding carboxylic acids is 2. The van der Waals surface area contributed by atoms with Crippen LogP contribution in [0.3, 0.4) is 0 Å². The first kappa shape index (κ1) is 18.5. The lowest BCUT2D eigenvalue weighted by Gasteiger charge is -2.13. The molecule has 0 aliphatic carbocycles. The molecule has 0 aliphatic heterocycles. The van der Waals surface area contributed by atoms with Gasteiger partial charge in [-0.2, -0.15) is 0 Å². The van der Waals surface area contributed by atoms with Gasteiger partial charge in [-0.3, -0.25) is 9.59 Å². The minimum Gasteiger partial charge on any atom is -0.491 e. The van der Waals surface area contributed by atoms with Crippen LogP contribution < -0.4 is 15.4 Å². The molecule has 0 aromatic heterocycles. The molecule has 25 heavy (non-hydrogen) atoms. The van der Waals surface area contributed by atoms with Crippen LogP contribution >= 0.6 is 0 Å². The highest BCUT2D eigenvalue weighted by atomic mass is 16.5. The van der Waals surface area contributed by atoms with E-state index in [0.717, 1.165) is 12.2 Å². The molecular formula is C20H24N2O3. The Hall–Kier alpha value is -2.82. The molecule has 5 heteroatoms. The SMILES string of the molecule is CCNC(=O)c1ccccc1NC(=O)c1ccc(OC(C)CC)cc1. The molecule has 0 saturated carbocycles. The van der Waals surface area contributed by atoms with Crippen LogP contribution in [0.25, 0.3) is 0 Å². The summed E-state index contributed by atoms with van der Waals surface area (Å²) < 4.78 is 5.71. The number of amides is 2. The molecule has 0 fully saturated rings. The highest BCUT2D eigenvalue weighted by Crippen LogP contribution is 2.18. The number of hydrogen-bond acceptors (Lipinski definition) is 3. The van der Waals surface area contributed by atoms with Crippen LogP contribution in [0.1, 0.15) is 47.9 Å². The summed E-state index contributed by atoms with van der Waals surface area (Å²) >= 11 is 0. The topological polar surface area (TPSA) is 67.4 Å². The molecule has 0 heterocycles. The van der Waals surface area contributed by atoms with Gasteiger partial charge in [0.15, 0.2) is 0 Å². The first-order valence-corrected chi connectivity index (χ1v) is 8.50. The monoisotopic (exact) mass is 340 g/mol. The van der Waals surface area contributed by atoms with Gasteiger partial charge in [-0.1, -0.05) is 19.1 Å². The van der Waals surface area contributed by atoms with Gasteiger partial charge < -0.3 is 15.4 Å². The van der Waals surface area contributed by atoms with Gasteiger partial charge in [0.1, 0.15) is 5.75 Å². The maximum absolute atomic E-state index is 12.5. The van der Waals surface area contributed by atoms with E-state index in [1.165, 1.54) is 0 Å². The molecule has 2 aromatic carbocycles.